The smallest absolute Gasteiger partial charge is 0.119 e. The first-order chi connectivity index (χ1) is 10.9. The summed E-state index contributed by atoms with van der Waals surface area (Å²) in [4.78, 5) is 6.65. The van der Waals surface area contributed by atoms with Crippen molar-refractivity contribution in [2.24, 2.45) is 0 Å². The summed E-state index contributed by atoms with van der Waals surface area (Å²) in [5.41, 5.74) is 2.62. The van der Waals surface area contributed by atoms with Gasteiger partial charge in [-0.05, 0) is 42.3 Å². The highest BCUT2D eigenvalue weighted by Gasteiger charge is 2.23. The van der Waals surface area contributed by atoms with Crippen molar-refractivity contribution in [2.45, 2.75) is 19.5 Å². The number of benzene rings is 1. The van der Waals surface area contributed by atoms with Crippen LogP contribution in [0.5, 0.6) is 5.75 Å². The van der Waals surface area contributed by atoms with Crippen molar-refractivity contribution in [3.63, 3.8) is 0 Å². The van der Waals surface area contributed by atoms with Crippen LogP contribution in [0.4, 0.5) is 0 Å². The summed E-state index contributed by atoms with van der Waals surface area (Å²) in [7, 11) is 0. The van der Waals surface area contributed by atoms with Crippen molar-refractivity contribution in [3.8, 4) is 5.75 Å². The Hall–Kier alpha value is -1.91. The van der Waals surface area contributed by atoms with Crippen molar-refractivity contribution < 1.29 is 4.74 Å². The molecule has 116 valence electrons. The summed E-state index contributed by atoms with van der Waals surface area (Å²) in [6.07, 6.45) is 3.75. The third kappa shape index (κ3) is 3.64. The largest absolute Gasteiger partial charge is 0.494 e. The van der Waals surface area contributed by atoms with Crippen LogP contribution in [0.2, 0.25) is 0 Å². The van der Waals surface area contributed by atoms with Crippen LogP contribution >= 0.6 is 0 Å². The van der Waals surface area contributed by atoms with Gasteiger partial charge in [-0.15, -0.1) is 0 Å². The van der Waals surface area contributed by atoms with Gasteiger partial charge in [0.05, 0.1) is 6.61 Å². The molecule has 0 spiro atoms. The maximum atomic E-state index is 5.61. The lowest BCUT2D eigenvalue weighted by Gasteiger charge is -2.36. The Bertz CT molecular complexity index is 588. The summed E-state index contributed by atoms with van der Waals surface area (Å²) in [6, 6.07) is 13.0. The van der Waals surface area contributed by atoms with Gasteiger partial charge in [0.25, 0.3) is 0 Å². The first kappa shape index (κ1) is 15.0. The number of pyridine rings is 1. The van der Waals surface area contributed by atoms with Crippen LogP contribution in [-0.4, -0.2) is 36.1 Å². The summed E-state index contributed by atoms with van der Waals surface area (Å²) < 4.78 is 5.61. The van der Waals surface area contributed by atoms with Crippen LogP contribution in [0.25, 0.3) is 0 Å². The lowest BCUT2D eigenvalue weighted by molar-refractivity contribution is 0.153. The van der Waals surface area contributed by atoms with E-state index in [2.05, 4.69) is 45.5 Å². The van der Waals surface area contributed by atoms with Crippen molar-refractivity contribution >= 4 is 0 Å². The molecule has 0 aliphatic carbocycles. The number of hydrogen-bond acceptors (Lipinski definition) is 4. The van der Waals surface area contributed by atoms with E-state index in [1.807, 2.05) is 25.4 Å². The summed E-state index contributed by atoms with van der Waals surface area (Å²) in [6.45, 7) is 6.72. The number of piperazine rings is 1. The number of ether oxygens (including phenoxy) is 1. The monoisotopic (exact) mass is 297 g/mol. The van der Waals surface area contributed by atoms with Crippen LogP contribution in [0.3, 0.4) is 0 Å². The molecule has 0 radical (unpaired) electrons. The Labute approximate surface area is 132 Å². The molecule has 1 saturated heterocycles. The molecule has 3 rings (SSSR count). The van der Waals surface area contributed by atoms with Gasteiger partial charge < -0.3 is 10.1 Å². The molecule has 4 nitrogen and oxygen atoms in total. The van der Waals surface area contributed by atoms with Gasteiger partial charge in [0.2, 0.25) is 0 Å². The Kier molecular flexibility index (Phi) is 5.03. The van der Waals surface area contributed by atoms with Crippen LogP contribution in [-0.2, 0) is 6.54 Å². The van der Waals surface area contributed by atoms with Crippen molar-refractivity contribution in [1.29, 1.82) is 0 Å². The van der Waals surface area contributed by atoms with Gasteiger partial charge in [0.15, 0.2) is 0 Å². The van der Waals surface area contributed by atoms with E-state index in [1.54, 1.807) is 0 Å². The second-order valence-corrected chi connectivity index (χ2v) is 5.55. The van der Waals surface area contributed by atoms with E-state index in [-0.39, 0.29) is 0 Å². The fraction of sp³-hybridized carbons (Fsp3) is 0.389. The molecular formula is C18H23N3O. The van der Waals surface area contributed by atoms with Crippen LogP contribution in [0.15, 0.2) is 48.8 Å². The van der Waals surface area contributed by atoms with E-state index in [9.17, 15) is 0 Å². The zero-order valence-corrected chi connectivity index (χ0v) is 13.0. The lowest BCUT2D eigenvalue weighted by atomic mass is 10.0. The maximum absolute atomic E-state index is 5.61. The predicted octanol–water partition coefficient (Wildman–Crippen LogP) is 2.63. The first-order valence-electron chi connectivity index (χ1n) is 7.93. The van der Waals surface area contributed by atoms with E-state index >= 15 is 0 Å². The Balaban J connectivity index is 1.75. The molecule has 1 unspecified atom stereocenters. The van der Waals surface area contributed by atoms with E-state index in [0.29, 0.717) is 12.6 Å². The molecule has 1 atom stereocenters. The highest BCUT2D eigenvalue weighted by Crippen LogP contribution is 2.24. The fourth-order valence-electron chi connectivity index (χ4n) is 2.98. The van der Waals surface area contributed by atoms with Gasteiger partial charge in [0, 0.05) is 44.6 Å². The molecule has 4 heteroatoms. The lowest BCUT2D eigenvalue weighted by Crippen LogP contribution is -2.45. The molecule has 1 aromatic carbocycles. The average Bonchev–Trinajstić information content (AvgIpc) is 2.57. The van der Waals surface area contributed by atoms with Gasteiger partial charge in [-0.3, -0.25) is 9.88 Å². The second kappa shape index (κ2) is 7.38. The van der Waals surface area contributed by atoms with Crippen LogP contribution in [0.1, 0.15) is 24.1 Å². The summed E-state index contributed by atoms with van der Waals surface area (Å²) in [5.74, 6) is 0.954. The van der Waals surface area contributed by atoms with Crippen molar-refractivity contribution in [2.75, 3.05) is 26.2 Å². The van der Waals surface area contributed by atoms with Crippen LogP contribution < -0.4 is 10.1 Å². The third-order valence-corrected chi connectivity index (χ3v) is 4.04. The minimum atomic E-state index is 0.396. The molecule has 22 heavy (non-hydrogen) atoms. The molecule has 1 aliphatic heterocycles. The highest BCUT2D eigenvalue weighted by molar-refractivity contribution is 5.29. The highest BCUT2D eigenvalue weighted by atomic mass is 16.5. The molecule has 2 heterocycles. The number of hydrogen-bond donors (Lipinski definition) is 1. The van der Waals surface area contributed by atoms with E-state index in [4.69, 9.17) is 4.74 Å². The number of nitrogens with one attached hydrogen (secondary N) is 1. The molecule has 2 aromatic rings. The summed E-state index contributed by atoms with van der Waals surface area (Å²) in [5, 5.41) is 3.49. The molecule has 0 saturated carbocycles. The Morgan fingerprint density at radius 3 is 2.95 bits per heavy atom. The van der Waals surface area contributed by atoms with E-state index in [1.165, 1.54) is 11.1 Å². The van der Waals surface area contributed by atoms with Gasteiger partial charge in [-0.2, -0.15) is 0 Å². The van der Waals surface area contributed by atoms with E-state index in [0.717, 1.165) is 31.9 Å². The molecular weight excluding hydrogens is 274 g/mol. The third-order valence-electron chi connectivity index (χ3n) is 4.04. The van der Waals surface area contributed by atoms with Gasteiger partial charge in [-0.25, -0.2) is 0 Å². The molecule has 1 aliphatic rings. The molecule has 1 fully saturated rings. The van der Waals surface area contributed by atoms with Gasteiger partial charge >= 0.3 is 0 Å². The number of aromatic nitrogens is 1. The van der Waals surface area contributed by atoms with Gasteiger partial charge in [-0.1, -0.05) is 12.1 Å². The fourth-order valence-corrected chi connectivity index (χ4v) is 2.98. The molecule has 1 aromatic heterocycles. The van der Waals surface area contributed by atoms with Gasteiger partial charge in [0.1, 0.15) is 5.75 Å². The zero-order chi connectivity index (χ0) is 15.2. The Morgan fingerprint density at radius 2 is 2.14 bits per heavy atom. The van der Waals surface area contributed by atoms with Crippen molar-refractivity contribution in [3.05, 3.63) is 59.9 Å². The Morgan fingerprint density at radius 1 is 1.27 bits per heavy atom. The van der Waals surface area contributed by atoms with Crippen molar-refractivity contribution in [1.82, 2.24) is 15.2 Å². The first-order valence-corrected chi connectivity index (χ1v) is 7.93. The number of rotatable bonds is 5. The maximum Gasteiger partial charge on any atom is 0.119 e. The zero-order valence-electron chi connectivity index (χ0n) is 13.0. The second-order valence-electron chi connectivity index (χ2n) is 5.55. The molecule has 0 bridgehead atoms. The standard InChI is InChI=1S/C18H23N3O/c1-2-22-17-5-3-4-15(12-17)14-21-11-10-20-13-18(21)16-6-8-19-9-7-16/h3-9,12,18,20H,2,10-11,13-14H2,1H3. The predicted molar refractivity (Wildman–Crippen MR) is 87.9 cm³/mol. The minimum absolute atomic E-state index is 0.396. The summed E-state index contributed by atoms with van der Waals surface area (Å²) >= 11 is 0. The minimum Gasteiger partial charge on any atom is -0.494 e. The molecule has 1 N–H and O–H groups in total. The van der Waals surface area contributed by atoms with E-state index < -0.39 is 0 Å². The number of nitrogens with zero attached hydrogens (tertiary/aromatic N) is 2. The molecule has 0 amide bonds. The quantitative estimate of drug-likeness (QED) is 0.920. The van der Waals surface area contributed by atoms with Crippen LogP contribution in [0, 0.1) is 0 Å². The SMILES string of the molecule is CCOc1cccc(CN2CCNCC2c2ccncc2)c1. The topological polar surface area (TPSA) is 37.4 Å². The normalized spacial score (nSPS) is 19.0. The average molecular weight is 297 g/mol.